The minimum Gasteiger partial charge on any atom is -0.463 e. The Balaban J connectivity index is 5.15. The Morgan fingerprint density at radius 1 is 0.806 bits per heavy atom. The molecule has 0 rings (SSSR count). The van der Waals surface area contributed by atoms with Crippen molar-refractivity contribution in [2.24, 2.45) is 11.8 Å². The van der Waals surface area contributed by atoms with Gasteiger partial charge in [-0.15, -0.1) is 0 Å². The van der Waals surface area contributed by atoms with E-state index in [9.17, 15) is 19.8 Å². The molecule has 0 aliphatic rings. The summed E-state index contributed by atoms with van der Waals surface area (Å²) >= 11 is 0. The number of rotatable bonds is 19. The van der Waals surface area contributed by atoms with Crippen LogP contribution in [0.4, 0.5) is 0 Å². The topological polar surface area (TPSA) is 93.1 Å². The summed E-state index contributed by atoms with van der Waals surface area (Å²) < 4.78 is 11.6. The van der Waals surface area contributed by atoms with Gasteiger partial charge in [-0.2, -0.15) is 0 Å². The molecule has 0 aliphatic carbocycles. The average molecular weight is 445 g/mol. The number of carbonyl (C=O) groups is 2. The molecule has 4 atom stereocenters. The molecule has 184 valence electrons. The molecule has 0 saturated heterocycles. The Morgan fingerprint density at radius 3 is 1.74 bits per heavy atom. The number of ether oxygens (including phenoxy) is 2. The second-order valence-corrected chi connectivity index (χ2v) is 8.96. The molecule has 0 aromatic carbocycles. The molecule has 0 heterocycles. The number of aliphatic hydroxyl groups excluding tert-OH is 2. The fourth-order valence-corrected chi connectivity index (χ4v) is 3.99. The highest BCUT2D eigenvalue weighted by atomic mass is 16.6. The maximum absolute atomic E-state index is 12.9. The minimum atomic E-state index is -0.902. The summed E-state index contributed by atoms with van der Waals surface area (Å²) in [5, 5.41) is 19.5. The van der Waals surface area contributed by atoms with E-state index in [-0.39, 0.29) is 49.1 Å². The van der Waals surface area contributed by atoms with Gasteiger partial charge in [-0.25, -0.2) is 0 Å². The molecule has 0 aromatic rings. The normalized spacial score (nSPS) is 15.7. The highest BCUT2D eigenvalue weighted by Crippen LogP contribution is 2.21. The van der Waals surface area contributed by atoms with Gasteiger partial charge in [0.1, 0.15) is 12.4 Å². The SMILES string of the molecule is CCCC(CCC)C(=O)CC(COC(=O)C(CCC)CCC)OC(C)CC(O)C(C)O. The molecule has 0 amide bonds. The van der Waals surface area contributed by atoms with Crippen molar-refractivity contribution in [2.45, 2.75) is 130 Å². The average Bonchev–Trinajstić information content (AvgIpc) is 2.71. The zero-order valence-corrected chi connectivity index (χ0v) is 20.8. The first-order valence-corrected chi connectivity index (χ1v) is 12.4. The molecular weight excluding hydrogens is 396 g/mol. The molecule has 6 heteroatoms. The van der Waals surface area contributed by atoms with Crippen LogP contribution in [0.1, 0.15) is 106 Å². The third-order valence-corrected chi connectivity index (χ3v) is 5.73. The first-order chi connectivity index (χ1) is 14.7. The molecule has 0 aliphatic heterocycles. The van der Waals surface area contributed by atoms with Crippen molar-refractivity contribution in [1.29, 1.82) is 0 Å². The smallest absolute Gasteiger partial charge is 0.309 e. The molecule has 0 radical (unpaired) electrons. The highest BCUT2D eigenvalue weighted by molar-refractivity contribution is 5.81. The van der Waals surface area contributed by atoms with Gasteiger partial charge in [0.05, 0.1) is 30.3 Å². The summed E-state index contributed by atoms with van der Waals surface area (Å²) in [6.45, 7) is 11.6. The summed E-state index contributed by atoms with van der Waals surface area (Å²) in [6, 6.07) is 0. The van der Waals surface area contributed by atoms with Crippen molar-refractivity contribution >= 4 is 11.8 Å². The fraction of sp³-hybridized carbons (Fsp3) is 0.920. The summed E-state index contributed by atoms with van der Waals surface area (Å²) in [7, 11) is 0. The van der Waals surface area contributed by atoms with Gasteiger partial charge in [-0.3, -0.25) is 9.59 Å². The molecule has 4 unspecified atom stereocenters. The monoisotopic (exact) mass is 444 g/mol. The lowest BCUT2D eigenvalue weighted by Crippen LogP contribution is -2.34. The quantitative estimate of drug-likeness (QED) is 0.277. The maximum atomic E-state index is 12.9. The van der Waals surface area contributed by atoms with Gasteiger partial charge >= 0.3 is 5.97 Å². The second-order valence-electron chi connectivity index (χ2n) is 8.96. The van der Waals surface area contributed by atoms with Gasteiger partial charge in [-0.05, 0) is 39.5 Å². The summed E-state index contributed by atoms with van der Waals surface area (Å²) in [4.78, 5) is 25.5. The number of ketones is 1. The molecular formula is C25H48O6. The zero-order chi connectivity index (χ0) is 23.8. The minimum absolute atomic E-state index is 0.00286. The van der Waals surface area contributed by atoms with Crippen LogP contribution in [0.25, 0.3) is 0 Å². The van der Waals surface area contributed by atoms with E-state index in [0.717, 1.165) is 51.4 Å². The van der Waals surface area contributed by atoms with Crippen LogP contribution in [0.5, 0.6) is 0 Å². The van der Waals surface area contributed by atoms with Crippen LogP contribution in [-0.4, -0.2) is 53.0 Å². The highest BCUT2D eigenvalue weighted by Gasteiger charge is 2.27. The second kappa shape index (κ2) is 17.6. The molecule has 0 aromatic heterocycles. The molecule has 0 spiro atoms. The van der Waals surface area contributed by atoms with Crippen molar-refractivity contribution < 1.29 is 29.3 Å². The lowest BCUT2D eigenvalue weighted by atomic mass is 9.91. The summed E-state index contributed by atoms with van der Waals surface area (Å²) in [6.07, 6.45) is 4.79. The van der Waals surface area contributed by atoms with Gasteiger partial charge in [-0.1, -0.05) is 53.4 Å². The van der Waals surface area contributed by atoms with Crippen molar-refractivity contribution in [3.63, 3.8) is 0 Å². The van der Waals surface area contributed by atoms with E-state index in [1.807, 2.05) is 0 Å². The number of aliphatic hydroxyl groups is 2. The number of hydrogen-bond acceptors (Lipinski definition) is 6. The van der Waals surface area contributed by atoms with E-state index in [2.05, 4.69) is 27.7 Å². The van der Waals surface area contributed by atoms with Crippen LogP contribution in [0.15, 0.2) is 0 Å². The third kappa shape index (κ3) is 13.2. The summed E-state index contributed by atoms with van der Waals surface area (Å²) in [5.41, 5.74) is 0. The van der Waals surface area contributed by atoms with Crippen molar-refractivity contribution in [1.82, 2.24) is 0 Å². The fourth-order valence-electron chi connectivity index (χ4n) is 3.99. The van der Waals surface area contributed by atoms with Gasteiger partial charge in [0.15, 0.2) is 0 Å². The number of esters is 1. The van der Waals surface area contributed by atoms with Gasteiger partial charge in [0, 0.05) is 18.8 Å². The largest absolute Gasteiger partial charge is 0.463 e. The Morgan fingerprint density at radius 2 is 1.29 bits per heavy atom. The Kier molecular flexibility index (Phi) is 17.0. The van der Waals surface area contributed by atoms with Crippen molar-refractivity contribution in [2.75, 3.05) is 6.61 Å². The van der Waals surface area contributed by atoms with E-state index in [4.69, 9.17) is 9.47 Å². The van der Waals surface area contributed by atoms with Crippen LogP contribution in [-0.2, 0) is 19.1 Å². The first-order valence-electron chi connectivity index (χ1n) is 12.4. The van der Waals surface area contributed by atoms with Gasteiger partial charge < -0.3 is 19.7 Å². The van der Waals surface area contributed by atoms with E-state index in [1.54, 1.807) is 6.92 Å². The van der Waals surface area contributed by atoms with Crippen LogP contribution >= 0.6 is 0 Å². The Labute approximate surface area is 190 Å². The predicted molar refractivity (Wildman–Crippen MR) is 124 cm³/mol. The van der Waals surface area contributed by atoms with Gasteiger partial charge in [0.2, 0.25) is 0 Å². The summed E-state index contributed by atoms with van der Waals surface area (Å²) in [5.74, 6) is -0.191. The lowest BCUT2D eigenvalue weighted by Gasteiger charge is -2.26. The standard InChI is InChI=1S/C25H48O6/c1-7-11-20(12-8-2)24(28)16-22(31-18(5)15-23(27)19(6)26)17-30-25(29)21(13-9-3)14-10-4/h18-23,26-27H,7-17H2,1-6H3. The van der Waals surface area contributed by atoms with Crippen LogP contribution in [0, 0.1) is 11.8 Å². The van der Waals surface area contributed by atoms with Crippen molar-refractivity contribution in [3.8, 4) is 0 Å². The third-order valence-electron chi connectivity index (χ3n) is 5.73. The molecule has 0 fully saturated rings. The zero-order valence-electron chi connectivity index (χ0n) is 20.8. The predicted octanol–water partition coefficient (Wildman–Crippen LogP) is 4.83. The maximum Gasteiger partial charge on any atom is 0.309 e. The van der Waals surface area contributed by atoms with Crippen molar-refractivity contribution in [3.05, 3.63) is 0 Å². The molecule has 2 N–H and O–H groups in total. The Hall–Kier alpha value is -0.980. The van der Waals surface area contributed by atoms with Gasteiger partial charge in [0.25, 0.3) is 0 Å². The van der Waals surface area contributed by atoms with Crippen LogP contribution < -0.4 is 0 Å². The number of carbonyl (C=O) groups excluding carboxylic acids is 2. The number of Topliss-reactive ketones (excluding diaryl/α,β-unsaturated/α-hetero) is 1. The molecule has 6 nitrogen and oxygen atoms in total. The van der Waals surface area contributed by atoms with E-state index >= 15 is 0 Å². The Bertz CT molecular complexity index is 467. The van der Waals surface area contributed by atoms with Crippen LogP contribution in [0.2, 0.25) is 0 Å². The molecule has 0 bridgehead atoms. The van der Waals surface area contributed by atoms with E-state index in [0.29, 0.717) is 0 Å². The van der Waals surface area contributed by atoms with Crippen LogP contribution in [0.3, 0.4) is 0 Å². The first kappa shape index (κ1) is 30.0. The molecule has 0 saturated carbocycles. The van der Waals surface area contributed by atoms with E-state index in [1.165, 1.54) is 6.92 Å². The lowest BCUT2D eigenvalue weighted by molar-refractivity contribution is -0.157. The van der Waals surface area contributed by atoms with E-state index < -0.39 is 18.3 Å². The number of hydrogen-bond donors (Lipinski definition) is 2. The molecule has 31 heavy (non-hydrogen) atoms.